The van der Waals surface area contributed by atoms with Gasteiger partial charge >= 0.3 is 0 Å². The highest BCUT2D eigenvalue weighted by Crippen LogP contribution is 2.27. The highest BCUT2D eigenvalue weighted by molar-refractivity contribution is 5.79. The molecule has 4 rings (SSSR count). The molecule has 3 heterocycles. The van der Waals surface area contributed by atoms with E-state index in [0.717, 1.165) is 22.6 Å². The number of nitrogens with zero attached hydrogens (tertiary/aromatic N) is 5. The van der Waals surface area contributed by atoms with Gasteiger partial charge in [-0.05, 0) is 44.0 Å². The summed E-state index contributed by atoms with van der Waals surface area (Å²) in [6.45, 7) is 6.14. The van der Waals surface area contributed by atoms with Crippen LogP contribution < -0.4 is 0 Å². The first kappa shape index (κ1) is 12.9. The second-order valence-corrected chi connectivity index (χ2v) is 5.53. The third kappa shape index (κ3) is 1.79. The zero-order chi connectivity index (χ0) is 15.3. The van der Waals surface area contributed by atoms with Crippen molar-refractivity contribution in [2.75, 3.05) is 0 Å². The molecule has 0 aliphatic rings. The average molecular weight is 289 g/mol. The molecule has 0 unspecified atom stereocenters. The fraction of sp³-hybridized carbons (Fsp3) is 0.176. The molecule has 0 aliphatic carbocycles. The number of benzene rings is 1. The summed E-state index contributed by atoms with van der Waals surface area (Å²) < 4.78 is 1.93. The summed E-state index contributed by atoms with van der Waals surface area (Å²) in [5.41, 5.74) is 7.79. The van der Waals surface area contributed by atoms with Crippen molar-refractivity contribution in [3.8, 4) is 11.3 Å². The van der Waals surface area contributed by atoms with Crippen LogP contribution in [0.15, 0.2) is 36.7 Å². The van der Waals surface area contributed by atoms with E-state index >= 15 is 0 Å². The molecule has 4 aromatic rings. The van der Waals surface area contributed by atoms with Gasteiger partial charge in [-0.3, -0.25) is 4.40 Å². The maximum atomic E-state index is 4.77. The van der Waals surface area contributed by atoms with E-state index in [1.807, 2.05) is 23.5 Å². The number of aryl methyl sites for hydroxylation is 3. The van der Waals surface area contributed by atoms with Gasteiger partial charge in [-0.25, -0.2) is 9.97 Å². The molecule has 0 saturated carbocycles. The van der Waals surface area contributed by atoms with Crippen molar-refractivity contribution in [2.24, 2.45) is 0 Å². The Morgan fingerprint density at radius 1 is 0.909 bits per heavy atom. The molecule has 108 valence electrons. The summed E-state index contributed by atoms with van der Waals surface area (Å²) in [4.78, 5) is 9.36. The number of aromatic nitrogens is 5. The molecule has 0 fully saturated rings. The lowest BCUT2D eigenvalue weighted by Crippen LogP contribution is -1.99. The standard InChI is InChI=1S/C17H15N5/c1-10-5-4-6-11(2)15(10)13-7-8-14-16(20-13)19-12(3)17-21-18-9-22(14)17/h4-9H,1-3H3. The molecule has 0 bridgehead atoms. The van der Waals surface area contributed by atoms with Crippen LogP contribution in [0, 0.1) is 20.8 Å². The molecular formula is C17H15N5. The van der Waals surface area contributed by atoms with Crippen LogP contribution in [-0.2, 0) is 0 Å². The van der Waals surface area contributed by atoms with Gasteiger partial charge in [0.2, 0.25) is 0 Å². The minimum absolute atomic E-state index is 0.713. The van der Waals surface area contributed by atoms with E-state index in [1.165, 1.54) is 16.7 Å². The molecular weight excluding hydrogens is 274 g/mol. The highest BCUT2D eigenvalue weighted by Gasteiger charge is 2.11. The van der Waals surface area contributed by atoms with E-state index in [-0.39, 0.29) is 0 Å². The Hall–Kier alpha value is -2.82. The molecule has 5 nitrogen and oxygen atoms in total. The predicted molar refractivity (Wildman–Crippen MR) is 85.7 cm³/mol. The average Bonchev–Trinajstić information content (AvgIpc) is 2.97. The van der Waals surface area contributed by atoms with Gasteiger partial charge in [0.25, 0.3) is 0 Å². The van der Waals surface area contributed by atoms with Gasteiger partial charge < -0.3 is 0 Å². The van der Waals surface area contributed by atoms with Crippen LogP contribution in [-0.4, -0.2) is 24.6 Å². The second kappa shape index (κ2) is 4.59. The fourth-order valence-electron chi connectivity index (χ4n) is 2.94. The van der Waals surface area contributed by atoms with Gasteiger partial charge in [-0.2, -0.15) is 0 Å². The number of pyridine rings is 1. The molecule has 0 aliphatic heterocycles. The summed E-state index contributed by atoms with van der Waals surface area (Å²) >= 11 is 0. The van der Waals surface area contributed by atoms with Gasteiger partial charge in [0.15, 0.2) is 11.3 Å². The minimum Gasteiger partial charge on any atom is -0.277 e. The van der Waals surface area contributed by atoms with Crippen molar-refractivity contribution in [3.63, 3.8) is 0 Å². The van der Waals surface area contributed by atoms with E-state index in [4.69, 9.17) is 4.98 Å². The molecule has 5 heteroatoms. The first-order chi connectivity index (χ1) is 10.6. The Bertz CT molecular complexity index is 996. The minimum atomic E-state index is 0.713. The molecule has 22 heavy (non-hydrogen) atoms. The Morgan fingerprint density at radius 3 is 2.45 bits per heavy atom. The smallest absolute Gasteiger partial charge is 0.182 e. The SMILES string of the molecule is Cc1cccc(C)c1-c1ccc2c(n1)nc(C)c1nncn12. The van der Waals surface area contributed by atoms with Crippen molar-refractivity contribution >= 4 is 16.8 Å². The second-order valence-electron chi connectivity index (χ2n) is 5.53. The van der Waals surface area contributed by atoms with Gasteiger partial charge in [-0.1, -0.05) is 18.2 Å². The topological polar surface area (TPSA) is 56.0 Å². The van der Waals surface area contributed by atoms with Crippen molar-refractivity contribution in [1.82, 2.24) is 24.6 Å². The van der Waals surface area contributed by atoms with Crippen LogP contribution in [0.1, 0.15) is 16.8 Å². The molecule has 0 amide bonds. The van der Waals surface area contributed by atoms with Crippen LogP contribution in [0.3, 0.4) is 0 Å². The third-order valence-corrected chi connectivity index (χ3v) is 4.00. The van der Waals surface area contributed by atoms with Crippen molar-refractivity contribution in [2.45, 2.75) is 20.8 Å². The van der Waals surface area contributed by atoms with Crippen LogP contribution in [0.2, 0.25) is 0 Å². The van der Waals surface area contributed by atoms with E-state index in [9.17, 15) is 0 Å². The number of rotatable bonds is 1. The molecule has 0 atom stereocenters. The monoisotopic (exact) mass is 289 g/mol. The van der Waals surface area contributed by atoms with E-state index in [0.29, 0.717) is 5.65 Å². The van der Waals surface area contributed by atoms with Crippen LogP contribution >= 0.6 is 0 Å². The third-order valence-electron chi connectivity index (χ3n) is 4.00. The summed E-state index contributed by atoms with van der Waals surface area (Å²) in [6.07, 6.45) is 1.70. The van der Waals surface area contributed by atoms with Crippen LogP contribution in [0.5, 0.6) is 0 Å². The lowest BCUT2D eigenvalue weighted by molar-refractivity contribution is 1.10. The number of hydrogen-bond acceptors (Lipinski definition) is 4. The zero-order valence-corrected chi connectivity index (χ0v) is 12.7. The van der Waals surface area contributed by atoms with E-state index in [2.05, 4.69) is 47.2 Å². The molecule has 0 radical (unpaired) electrons. The molecule has 0 N–H and O–H groups in total. The van der Waals surface area contributed by atoms with Crippen molar-refractivity contribution < 1.29 is 0 Å². The number of fused-ring (bicyclic) bond motifs is 3. The lowest BCUT2D eigenvalue weighted by Gasteiger charge is -2.10. The largest absolute Gasteiger partial charge is 0.277 e. The summed E-state index contributed by atoms with van der Waals surface area (Å²) in [7, 11) is 0. The summed E-state index contributed by atoms with van der Waals surface area (Å²) in [6, 6.07) is 10.4. The van der Waals surface area contributed by atoms with E-state index in [1.54, 1.807) is 6.33 Å². The maximum Gasteiger partial charge on any atom is 0.182 e. The highest BCUT2D eigenvalue weighted by atomic mass is 15.2. The van der Waals surface area contributed by atoms with Crippen LogP contribution in [0.25, 0.3) is 28.1 Å². The normalized spacial score (nSPS) is 11.4. The summed E-state index contributed by atoms with van der Waals surface area (Å²) in [5, 5.41) is 8.07. The van der Waals surface area contributed by atoms with Crippen LogP contribution in [0.4, 0.5) is 0 Å². The lowest BCUT2D eigenvalue weighted by atomic mass is 9.99. The quantitative estimate of drug-likeness (QED) is 0.539. The van der Waals surface area contributed by atoms with E-state index < -0.39 is 0 Å². The Labute approximate surface area is 127 Å². The first-order valence-corrected chi connectivity index (χ1v) is 7.19. The first-order valence-electron chi connectivity index (χ1n) is 7.19. The van der Waals surface area contributed by atoms with Gasteiger partial charge in [0.1, 0.15) is 6.33 Å². The van der Waals surface area contributed by atoms with Gasteiger partial charge in [0, 0.05) is 5.56 Å². The molecule has 3 aromatic heterocycles. The molecule has 0 saturated heterocycles. The zero-order valence-electron chi connectivity index (χ0n) is 12.7. The Morgan fingerprint density at radius 2 is 1.68 bits per heavy atom. The van der Waals surface area contributed by atoms with Gasteiger partial charge in [-0.15, -0.1) is 10.2 Å². The van der Waals surface area contributed by atoms with Gasteiger partial charge in [0.05, 0.1) is 16.9 Å². The fourth-order valence-corrected chi connectivity index (χ4v) is 2.94. The van der Waals surface area contributed by atoms with Crippen molar-refractivity contribution in [1.29, 1.82) is 0 Å². The molecule has 0 spiro atoms. The predicted octanol–water partition coefficient (Wildman–Crippen LogP) is 3.26. The number of hydrogen-bond donors (Lipinski definition) is 0. The van der Waals surface area contributed by atoms with Crippen molar-refractivity contribution in [3.05, 3.63) is 53.5 Å². The maximum absolute atomic E-state index is 4.77. The Balaban J connectivity index is 2.04. The molecule has 1 aromatic carbocycles. The summed E-state index contributed by atoms with van der Waals surface area (Å²) in [5.74, 6) is 0. The Kier molecular flexibility index (Phi) is 2.69.